The predicted molar refractivity (Wildman–Crippen MR) is 69.5 cm³/mol. The summed E-state index contributed by atoms with van der Waals surface area (Å²) < 4.78 is 0. The van der Waals surface area contributed by atoms with Crippen LogP contribution in [0.15, 0.2) is 0 Å². The van der Waals surface area contributed by atoms with Crippen LogP contribution in [-0.4, -0.2) is 18.0 Å². The monoisotopic (exact) mass is 238 g/mol. The smallest absolute Gasteiger partial charge is 0.223 e. The zero-order valence-corrected chi connectivity index (χ0v) is 11.0. The number of rotatable bonds is 2. The van der Waals surface area contributed by atoms with Crippen molar-refractivity contribution in [2.45, 2.75) is 70.4 Å². The van der Waals surface area contributed by atoms with Gasteiger partial charge in [0.1, 0.15) is 0 Å². The van der Waals surface area contributed by atoms with E-state index < -0.39 is 0 Å². The highest BCUT2D eigenvalue weighted by Crippen LogP contribution is 2.26. The standard InChI is InChI=1S/C14H26N2O/c1-10-3-2-4-13(8-5-10)16-14(17)11-6-7-12(15)9-11/h10-13H,2-9,15H2,1H3,(H,16,17). The Hall–Kier alpha value is -0.570. The van der Waals surface area contributed by atoms with Crippen molar-refractivity contribution in [3.63, 3.8) is 0 Å². The van der Waals surface area contributed by atoms with Crippen LogP contribution < -0.4 is 11.1 Å². The first kappa shape index (κ1) is 12.9. The maximum atomic E-state index is 12.1. The van der Waals surface area contributed by atoms with Crippen molar-refractivity contribution < 1.29 is 4.79 Å². The average Bonchev–Trinajstić information content (AvgIpc) is 2.62. The molecule has 4 atom stereocenters. The number of carbonyl (C=O) groups excluding carboxylic acids is 1. The van der Waals surface area contributed by atoms with Gasteiger partial charge in [-0.2, -0.15) is 0 Å². The van der Waals surface area contributed by atoms with Gasteiger partial charge in [-0.15, -0.1) is 0 Å². The fourth-order valence-corrected chi connectivity index (χ4v) is 3.21. The minimum absolute atomic E-state index is 0.186. The van der Waals surface area contributed by atoms with Gasteiger partial charge in [0.15, 0.2) is 0 Å². The second-order valence-electron chi connectivity index (χ2n) is 6.09. The van der Waals surface area contributed by atoms with Crippen LogP contribution in [-0.2, 0) is 4.79 Å². The summed E-state index contributed by atoms with van der Waals surface area (Å²) in [5.74, 6) is 1.28. The summed E-state index contributed by atoms with van der Waals surface area (Å²) in [6.07, 6.45) is 9.04. The van der Waals surface area contributed by atoms with E-state index in [0.29, 0.717) is 6.04 Å². The van der Waals surface area contributed by atoms with Crippen molar-refractivity contribution in [1.29, 1.82) is 0 Å². The Bertz CT molecular complexity index is 267. The molecule has 0 radical (unpaired) electrons. The molecule has 2 rings (SSSR count). The van der Waals surface area contributed by atoms with Crippen LogP contribution >= 0.6 is 0 Å². The number of hydrogen-bond acceptors (Lipinski definition) is 2. The second-order valence-corrected chi connectivity index (χ2v) is 6.09. The molecule has 0 heterocycles. The van der Waals surface area contributed by atoms with Crippen LogP contribution in [0.25, 0.3) is 0 Å². The van der Waals surface area contributed by atoms with Crippen molar-refractivity contribution in [1.82, 2.24) is 5.32 Å². The summed E-state index contributed by atoms with van der Waals surface area (Å²) in [4.78, 5) is 12.1. The van der Waals surface area contributed by atoms with E-state index >= 15 is 0 Å². The lowest BCUT2D eigenvalue weighted by Crippen LogP contribution is -2.38. The Morgan fingerprint density at radius 3 is 2.65 bits per heavy atom. The van der Waals surface area contributed by atoms with Gasteiger partial charge in [0.05, 0.1) is 0 Å². The van der Waals surface area contributed by atoms with Crippen LogP contribution in [0, 0.1) is 11.8 Å². The number of carbonyl (C=O) groups is 1. The highest BCUT2D eigenvalue weighted by Gasteiger charge is 2.29. The SMILES string of the molecule is CC1CCCC(NC(=O)C2CCC(N)C2)CC1. The molecule has 0 aromatic heterocycles. The van der Waals surface area contributed by atoms with Crippen molar-refractivity contribution in [3.05, 3.63) is 0 Å². The van der Waals surface area contributed by atoms with Gasteiger partial charge in [0, 0.05) is 18.0 Å². The third-order valence-corrected chi connectivity index (χ3v) is 4.45. The van der Waals surface area contributed by atoms with Crippen LogP contribution in [0.3, 0.4) is 0 Å². The van der Waals surface area contributed by atoms with Gasteiger partial charge in [-0.25, -0.2) is 0 Å². The van der Waals surface area contributed by atoms with E-state index in [0.717, 1.165) is 38.0 Å². The topological polar surface area (TPSA) is 55.1 Å². The van der Waals surface area contributed by atoms with Gasteiger partial charge in [-0.05, 0) is 44.4 Å². The van der Waals surface area contributed by atoms with Crippen molar-refractivity contribution in [3.8, 4) is 0 Å². The average molecular weight is 238 g/mol. The first-order chi connectivity index (χ1) is 8.15. The fourth-order valence-electron chi connectivity index (χ4n) is 3.21. The Kier molecular flexibility index (Phi) is 4.43. The van der Waals surface area contributed by atoms with E-state index in [4.69, 9.17) is 5.73 Å². The molecule has 3 heteroatoms. The largest absolute Gasteiger partial charge is 0.353 e. The van der Waals surface area contributed by atoms with E-state index in [9.17, 15) is 4.79 Å². The molecule has 3 N–H and O–H groups in total. The van der Waals surface area contributed by atoms with Gasteiger partial charge in [0.25, 0.3) is 0 Å². The molecule has 2 saturated carbocycles. The van der Waals surface area contributed by atoms with Crippen LogP contribution in [0.4, 0.5) is 0 Å². The molecule has 0 aromatic carbocycles. The molecule has 0 bridgehead atoms. The molecule has 4 unspecified atom stereocenters. The lowest BCUT2D eigenvalue weighted by Gasteiger charge is -2.19. The third-order valence-electron chi connectivity index (χ3n) is 4.45. The highest BCUT2D eigenvalue weighted by atomic mass is 16.1. The summed E-state index contributed by atoms with van der Waals surface area (Å²) in [5.41, 5.74) is 5.86. The summed E-state index contributed by atoms with van der Waals surface area (Å²) in [7, 11) is 0. The van der Waals surface area contributed by atoms with Crippen molar-refractivity contribution in [2.24, 2.45) is 17.6 Å². The lowest BCUT2D eigenvalue weighted by atomic mass is 10.0. The Labute approximate surface area is 105 Å². The normalized spacial score (nSPS) is 38.7. The highest BCUT2D eigenvalue weighted by molar-refractivity contribution is 5.79. The zero-order valence-electron chi connectivity index (χ0n) is 11.0. The van der Waals surface area contributed by atoms with E-state index in [2.05, 4.69) is 12.2 Å². The summed E-state index contributed by atoms with van der Waals surface area (Å²) >= 11 is 0. The van der Waals surface area contributed by atoms with Gasteiger partial charge >= 0.3 is 0 Å². The lowest BCUT2D eigenvalue weighted by molar-refractivity contribution is -0.125. The fraction of sp³-hybridized carbons (Fsp3) is 0.929. The second kappa shape index (κ2) is 5.85. The first-order valence-corrected chi connectivity index (χ1v) is 7.21. The van der Waals surface area contributed by atoms with Gasteiger partial charge < -0.3 is 11.1 Å². The molecule has 0 spiro atoms. The molecule has 1 amide bonds. The molecule has 2 aliphatic rings. The van der Waals surface area contributed by atoms with Crippen molar-refractivity contribution >= 4 is 5.91 Å². The molecule has 3 nitrogen and oxygen atoms in total. The molecule has 0 saturated heterocycles. The number of nitrogens with two attached hydrogens (primary N) is 1. The predicted octanol–water partition coefficient (Wildman–Crippen LogP) is 2.20. The van der Waals surface area contributed by atoms with E-state index in [-0.39, 0.29) is 17.9 Å². The number of nitrogens with one attached hydrogen (secondary N) is 1. The van der Waals surface area contributed by atoms with Gasteiger partial charge in [-0.3, -0.25) is 4.79 Å². The summed E-state index contributed by atoms with van der Waals surface area (Å²) in [6, 6.07) is 0.671. The van der Waals surface area contributed by atoms with Crippen LogP contribution in [0.2, 0.25) is 0 Å². The molecule has 17 heavy (non-hydrogen) atoms. The van der Waals surface area contributed by atoms with Crippen molar-refractivity contribution in [2.75, 3.05) is 0 Å². The molecule has 98 valence electrons. The Morgan fingerprint density at radius 1 is 1.12 bits per heavy atom. The Morgan fingerprint density at radius 2 is 1.94 bits per heavy atom. The molecule has 0 aromatic rings. The minimum Gasteiger partial charge on any atom is -0.353 e. The maximum absolute atomic E-state index is 12.1. The number of hydrogen-bond donors (Lipinski definition) is 2. The summed E-state index contributed by atoms with van der Waals surface area (Å²) in [5, 5.41) is 3.25. The quantitative estimate of drug-likeness (QED) is 0.725. The Balaban J connectivity index is 1.78. The molecule has 2 aliphatic carbocycles. The van der Waals surface area contributed by atoms with E-state index in [1.807, 2.05) is 0 Å². The molecule has 0 aliphatic heterocycles. The molecule has 2 fully saturated rings. The minimum atomic E-state index is 0.186. The molecular formula is C14H26N2O. The van der Waals surface area contributed by atoms with Gasteiger partial charge in [0.2, 0.25) is 5.91 Å². The first-order valence-electron chi connectivity index (χ1n) is 7.21. The third kappa shape index (κ3) is 3.70. The van der Waals surface area contributed by atoms with Gasteiger partial charge in [-0.1, -0.05) is 19.8 Å². The van der Waals surface area contributed by atoms with E-state index in [1.165, 1.54) is 19.3 Å². The van der Waals surface area contributed by atoms with E-state index in [1.54, 1.807) is 0 Å². The van der Waals surface area contributed by atoms with Crippen LogP contribution in [0.1, 0.15) is 58.3 Å². The number of amides is 1. The zero-order chi connectivity index (χ0) is 12.3. The summed E-state index contributed by atoms with van der Waals surface area (Å²) in [6.45, 7) is 2.32. The molecular weight excluding hydrogens is 212 g/mol. The van der Waals surface area contributed by atoms with Crippen LogP contribution in [0.5, 0.6) is 0 Å². The maximum Gasteiger partial charge on any atom is 0.223 e.